The maximum Gasteiger partial charge on any atom is 0.324 e. The highest BCUT2D eigenvalue weighted by molar-refractivity contribution is 7.92. The normalized spacial score (nSPS) is 11.8. The minimum absolute atomic E-state index is 0.107. The summed E-state index contributed by atoms with van der Waals surface area (Å²) >= 11 is 0. The van der Waals surface area contributed by atoms with Gasteiger partial charge in [-0.15, -0.1) is 6.42 Å². The summed E-state index contributed by atoms with van der Waals surface area (Å²) < 4.78 is 28.1. The molecule has 0 saturated carbocycles. The molecular formula is C27H27N3O7S. The van der Waals surface area contributed by atoms with Crippen LogP contribution in [-0.4, -0.2) is 55.6 Å². The molecule has 0 spiro atoms. The Morgan fingerprint density at radius 2 is 1.53 bits per heavy atom. The van der Waals surface area contributed by atoms with Crippen molar-refractivity contribution in [2.45, 2.75) is 31.2 Å². The number of fused-ring (bicyclic) bond motifs is 1. The van der Waals surface area contributed by atoms with Crippen molar-refractivity contribution in [3.05, 3.63) is 60.7 Å². The lowest BCUT2D eigenvalue weighted by Crippen LogP contribution is -2.37. The summed E-state index contributed by atoms with van der Waals surface area (Å²) in [6.45, 7) is 2.30. The van der Waals surface area contributed by atoms with Crippen LogP contribution in [0.1, 0.15) is 20.3 Å². The van der Waals surface area contributed by atoms with Crippen LogP contribution in [0.2, 0.25) is 0 Å². The topological polar surface area (TPSA) is 144 Å². The first-order chi connectivity index (χ1) is 17.9. The molecular weight excluding hydrogens is 510 g/mol. The average molecular weight is 538 g/mol. The predicted octanol–water partition coefficient (Wildman–Crippen LogP) is 3.38. The van der Waals surface area contributed by atoms with Gasteiger partial charge in [0.05, 0.1) is 23.5 Å². The number of benzene rings is 3. The van der Waals surface area contributed by atoms with Crippen molar-refractivity contribution >= 4 is 55.7 Å². The number of carboxylic acids is 2. The molecule has 3 rings (SSSR count). The second-order valence-electron chi connectivity index (χ2n) is 8.54. The highest BCUT2D eigenvalue weighted by atomic mass is 32.2. The highest BCUT2D eigenvalue weighted by Gasteiger charge is 2.29. The number of carboxylic acid groups (broad SMARTS) is 2. The van der Waals surface area contributed by atoms with Gasteiger partial charge in [0.2, 0.25) is 5.91 Å². The van der Waals surface area contributed by atoms with Crippen LogP contribution in [0.25, 0.3) is 10.8 Å². The SMILES string of the molecule is C#CCN(c1ccc(N(CC(=O)O)S(=O)(=O)c2ccc(NC(C)=O)cc2)c2ccccc12)[C@@H](C)CC(=O)O. The molecule has 10 nitrogen and oxygen atoms in total. The van der Waals surface area contributed by atoms with Crippen molar-refractivity contribution in [3.8, 4) is 12.3 Å². The lowest BCUT2D eigenvalue weighted by Gasteiger charge is -2.31. The van der Waals surface area contributed by atoms with Crippen molar-refractivity contribution < 1.29 is 33.0 Å². The number of amides is 1. The highest BCUT2D eigenvalue weighted by Crippen LogP contribution is 2.37. The summed E-state index contributed by atoms with van der Waals surface area (Å²) in [7, 11) is -4.35. The van der Waals surface area contributed by atoms with E-state index in [9.17, 15) is 33.0 Å². The molecule has 1 atom stereocenters. The number of anilines is 3. The molecule has 0 fully saturated rings. The molecule has 38 heavy (non-hydrogen) atoms. The minimum Gasteiger partial charge on any atom is -0.481 e. The van der Waals surface area contributed by atoms with E-state index in [2.05, 4.69) is 11.2 Å². The van der Waals surface area contributed by atoms with Crippen molar-refractivity contribution in [3.63, 3.8) is 0 Å². The first-order valence-corrected chi connectivity index (χ1v) is 13.0. The maximum absolute atomic E-state index is 13.7. The Bertz CT molecular complexity index is 1510. The van der Waals surface area contributed by atoms with Gasteiger partial charge in [-0.05, 0) is 43.3 Å². The fraction of sp³-hybridized carbons (Fsp3) is 0.222. The number of terminal acetylenes is 1. The lowest BCUT2D eigenvalue weighted by molar-refractivity contribution is -0.137. The van der Waals surface area contributed by atoms with Gasteiger partial charge in [-0.3, -0.25) is 18.7 Å². The molecule has 0 heterocycles. The molecule has 198 valence electrons. The van der Waals surface area contributed by atoms with E-state index < -0.39 is 34.5 Å². The third kappa shape index (κ3) is 6.22. The van der Waals surface area contributed by atoms with E-state index in [1.54, 1.807) is 42.2 Å². The molecule has 0 bridgehead atoms. The Labute approximate surface area is 220 Å². The van der Waals surface area contributed by atoms with Crippen molar-refractivity contribution in [1.29, 1.82) is 0 Å². The third-order valence-corrected chi connectivity index (χ3v) is 7.54. The summed E-state index contributed by atoms with van der Waals surface area (Å²) in [4.78, 5) is 36.0. The fourth-order valence-corrected chi connectivity index (χ4v) is 5.57. The number of nitrogens with zero attached hydrogens (tertiary/aromatic N) is 2. The Hall–Kier alpha value is -4.56. The van der Waals surface area contributed by atoms with Crippen LogP contribution in [-0.2, 0) is 24.4 Å². The third-order valence-electron chi connectivity index (χ3n) is 5.76. The van der Waals surface area contributed by atoms with Crippen LogP contribution in [0.3, 0.4) is 0 Å². The molecule has 0 radical (unpaired) electrons. The van der Waals surface area contributed by atoms with Crippen LogP contribution >= 0.6 is 0 Å². The molecule has 3 aromatic rings. The molecule has 0 aliphatic rings. The molecule has 0 unspecified atom stereocenters. The Balaban J connectivity index is 2.17. The van der Waals surface area contributed by atoms with Gasteiger partial charge in [-0.25, -0.2) is 8.42 Å². The molecule has 1 amide bonds. The number of sulfonamides is 1. The molecule has 0 aliphatic heterocycles. The Morgan fingerprint density at radius 3 is 2.05 bits per heavy atom. The average Bonchev–Trinajstić information content (AvgIpc) is 2.85. The molecule has 11 heteroatoms. The number of rotatable bonds is 11. The van der Waals surface area contributed by atoms with Gasteiger partial charge in [-0.1, -0.05) is 30.2 Å². The van der Waals surface area contributed by atoms with Crippen LogP contribution < -0.4 is 14.5 Å². The molecule has 0 aliphatic carbocycles. The first kappa shape index (κ1) is 28.0. The summed E-state index contributed by atoms with van der Waals surface area (Å²) in [5, 5.41) is 22.5. The van der Waals surface area contributed by atoms with Gasteiger partial charge in [0.1, 0.15) is 6.54 Å². The lowest BCUT2D eigenvalue weighted by atomic mass is 10.0. The zero-order chi connectivity index (χ0) is 28.0. The summed E-state index contributed by atoms with van der Waals surface area (Å²) in [6, 6.07) is 14.8. The molecule has 3 N–H and O–H groups in total. The molecule has 0 aromatic heterocycles. The van der Waals surface area contributed by atoms with Gasteiger partial charge in [0.25, 0.3) is 10.0 Å². The van der Waals surface area contributed by atoms with Gasteiger partial charge >= 0.3 is 11.9 Å². The molecule has 3 aromatic carbocycles. The van der Waals surface area contributed by atoms with Gasteiger partial charge in [0, 0.05) is 35.1 Å². The van der Waals surface area contributed by atoms with Crippen LogP contribution in [0, 0.1) is 12.3 Å². The van der Waals surface area contributed by atoms with Crippen molar-refractivity contribution in [1.82, 2.24) is 0 Å². The standard InChI is InChI=1S/C27H27N3O7S/c1-4-15-29(18(2)16-26(32)33)24-13-14-25(23-8-6-5-7-22(23)24)30(17-27(34)35)38(36,37)21-11-9-20(10-12-21)28-19(3)31/h1,5-14,18H,15-17H2,2-3H3,(H,28,31)(H,32,33)(H,34,35)/t18-/m0/s1. The summed E-state index contributed by atoms with van der Waals surface area (Å²) in [5.74, 6) is -0.147. The summed E-state index contributed by atoms with van der Waals surface area (Å²) in [6.07, 6.45) is 5.38. The van der Waals surface area contributed by atoms with Crippen LogP contribution in [0.15, 0.2) is 65.6 Å². The predicted molar refractivity (Wildman–Crippen MR) is 145 cm³/mol. The van der Waals surface area contributed by atoms with E-state index in [4.69, 9.17) is 6.42 Å². The number of carbonyl (C=O) groups is 3. The second kappa shape index (κ2) is 11.7. The quantitative estimate of drug-likeness (QED) is 0.316. The summed E-state index contributed by atoms with van der Waals surface area (Å²) in [5.41, 5.74) is 1.10. The van der Waals surface area contributed by atoms with Crippen LogP contribution in [0.4, 0.5) is 17.1 Å². The first-order valence-electron chi connectivity index (χ1n) is 11.5. The number of hydrogen-bond acceptors (Lipinski definition) is 6. The monoisotopic (exact) mass is 537 g/mol. The zero-order valence-corrected chi connectivity index (χ0v) is 21.6. The number of hydrogen-bond donors (Lipinski definition) is 3. The van der Waals surface area contributed by atoms with Crippen LogP contribution in [0.5, 0.6) is 0 Å². The Kier molecular flexibility index (Phi) is 8.60. The van der Waals surface area contributed by atoms with E-state index in [0.29, 0.717) is 22.1 Å². The van der Waals surface area contributed by atoms with E-state index in [1.807, 2.05) is 0 Å². The number of carbonyl (C=O) groups excluding carboxylic acids is 1. The van der Waals surface area contributed by atoms with E-state index >= 15 is 0 Å². The van der Waals surface area contributed by atoms with Gasteiger partial charge in [0.15, 0.2) is 0 Å². The van der Waals surface area contributed by atoms with E-state index in [1.165, 1.54) is 37.3 Å². The van der Waals surface area contributed by atoms with E-state index in [0.717, 1.165) is 4.31 Å². The van der Waals surface area contributed by atoms with Gasteiger partial charge < -0.3 is 20.4 Å². The Morgan fingerprint density at radius 1 is 0.947 bits per heavy atom. The number of nitrogens with one attached hydrogen (secondary N) is 1. The van der Waals surface area contributed by atoms with Crippen molar-refractivity contribution in [2.24, 2.45) is 0 Å². The fourth-order valence-electron chi connectivity index (χ4n) is 4.14. The smallest absolute Gasteiger partial charge is 0.324 e. The van der Waals surface area contributed by atoms with Gasteiger partial charge in [-0.2, -0.15) is 0 Å². The molecule has 0 saturated heterocycles. The zero-order valence-electron chi connectivity index (χ0n) is 20.8. The minimum atomic E-state index is -4.35. The maximum atomic E-state index is 13.7. The number of aliphatic carboxylic acids is 2. The van der Waals surface area contributed by atoms with Crippen molar-refractivity contribution in [2.75, 3.05) is 27.6 Å². The second-order valence-corrected chi connectivity index (χ2v) is 10.4. The van der Waals surface area contributed by atoms with E-state index in [-0.39, 0.29) is 29.5 Å². The largest absolute Gasteiger partial charge is 0.481 e.